The summed E-state index contributed by atoms with van der Waals surface area (Å²) in [5, 5.41) is 10.5. The highest BCUT2D eigenvalue weighted by Crippen LogP contribution is 2.52. The van der Waals surface area contributed by atoms with Gasteiger partial charge in [-0.05, 0) is 263 Å². The van der Waals surface area contributed by atoms with Crippen LogP contribution < -0.4 is 21.9 Å². The normalized spacial score (nSPS) is 16.5. The minimum Gasteiger partial charge on any atom is -0.399 e. The Hall–Kier alpha value is -13.2. The molecule has 148 heavy (non-hydrogen) atoms. The van der Waals surface area contributed by atoms with Gasteiger partial charge in [-0.25, -0.2) is 0 Å². The molecule has 4 aliphatic heterocycles. The van der Waals surface area contributed by atoms with Gasteiger partial charge in [0.25, 0.3) is 0 Å². The Kier molecular flexibility index (Phi) is 25.7. The molecule has 0 unspecified atom stereocenters. The molecule has 0 spiro atoms. The topological polar surface area (TPSA) is 73.8 Å². The third kappa shape index (κ3) is 18.3. The van der Waals surface area contributed by atoms with Crippen molar-refractivity contribution in [2.75, 3.05) is 0 Å². The van der Waals surface area contributed by atoms with Crippen molar-refractivity contribution < 1.29 is 37.2 Å². The van der Waals surface area contributed by atoms with Gasteiger partial charge in [-0.2, -0.15) is 0 Å². The van der Waals surface area contributed by atoms with Gasteiger partial charge in [-0.1, -0.05) is 388 Å². The molecule has 16 heteroatoms. The van der Waals surface area contributed by atoms with Crippen molar-refractivity contribution in [2.24, 2.45) is 0 Å². The van der Waals surface area contributed by atoms with Crippen LogP contribution in [-0.4, -0.2) is 73.3 Å². The minimum absolute atomic E-state index is 0.338. The van der Waals surface area contributed by atoms with Gasteiger partial charge in [-0.3, -0.25) is 0 Å². The fourth-order valence-electron chi connectivity index (χ4n) is 20.7. The second-order valence-corrected chi connectivity index (χ2v) is 47.5. The van der Waals surface area contributed by atoms with E-state index in [2.05, 4.69) is 523 Å². The lowest BCUT2D eigenvalue weighted by Gasteiger charge is -2.32. The van der Waals surface area contributed by atoms with Gasteiger partial charge in [0.2, 0.25) is 0 Å². The Morgan fingerprint density at radius 2 is 0.378 bits per heavy atom. The lowest BCUT2D eigenvalue weighted by atomic mass is 9.76. The molecule has 8 nitrogen and oxygen atoms in total. The van der Waals surface area contributed by atoms with Crippen LogP contribution in [0.2, 0.25) is 0 Å². The maximum atomic E-state index is 6.51. The van der Waals surface area contributed by atoms with Crippen LogP contribution in [-0.2, 0) is 37.2 Å². The molecule has 0 radical (unpaired) electrons. The van der Waals surface area contributed by atoms with Crippen LogP contribution in [0.5, 0.6) is 0 Å². The van der Waals surface area contributed by atoms with E-state index in [4.69, 9.17) is 37.2 Å². The van der Waals surface area contributed by atoms with Gasteiger partial charge in [0, 0.05) is 86.3 Å². The molecule has 0 aliphatic carbocycles. The average molecular weight is 2000 g/mol. The van der Waals surface area contributed by atoms with Gasteiger partial charge in [0.05, 0.1) is 44.8 Å². The Morgan fingerprint density at radius 3 is 0.764 bits per heavy atom. The molecule has 18 aromatic carbocycles. The molecular weight excluding hydrogens is 1880 g/mol. The van der Waals surface area contributed by atoms with Crippen LogP contribution >= 0.6 is 45.3 Å². The standard InChI is InChI=1S/2C36H31BO2S.2C30H27BO2S/c1-35(2)36(3,4)39-37(38-35)28-22-26(24-13-7-5-8-14-24)21-27(23-28)30-18-12-20-32-31-19-11-17-29(33(31)40-34(30)32)25-15-9-6-10-16-25;1-35(2)36(3,4)39-37(38-35)26-22-20-25(21-23-26)28-16-10-18-31-32-19-11-17-30(34(32)40-33(28)31)29-15-9-8-14-27(29)24-12-6-5-7-13-24;1-29(2)30(3,4)33-31(32-29)22-18-16-21(17-19-22)24-13-8-14-25-27-23(20-10-6-5-7-11-20)12-9-15-26(27)34-28(24)25;1-29(2)30(3,4)33-31(32-29)23-18-21(20-11-6-5-7-12-20)17-22(19-23)24-14-10-15-26-25-13-8-9-16-27(25)34-28(24)26/h2*5-23H,1-4H3;2*5-19H,1-4H3. The van der Waals surface area contributed by atoms with Gasteiger partial charge in [0.15, 0.2) is 0 Å². The van der Waals surface area contributed by atoms with Crippen molar-refractivity contribution >= 4 is 176 Å². The van der Waals surface area contributed by atoms with Crippen LogP contribution in [0.25, 0.3) is 192 Å². The Labute approximate surface area is 885 Å². The molecule has 4 fully saturated rings. The van der Waals surface area contributed by atoms with Crippen molar-refractivity contribution in [1.29, 1.82) is 0 Å². The van der Waals surface area contributed by atoms with E-state index < -0.39 is 25.4 Å². The summed E-state index contributed by atoms with van der Waals surface area (Å²) < 4.78 is 61.5. The molecule has 0 atom stereocenters. The molecule has 0 N–H and O–H groups in total. The number of thiophene rings is 4. The third-order valence-electron chi connectivity index (χ3n) is 31.7. The Morgan fingerprint density at radius 1 is 0.149 bits per heavy atom. The summed E-state index contributed by atoms with van der Waals surface area (Å²) in [6.45, 7) is 33.6. The number of hydrogen-bond acceptors (Lipinski definition) is 12. The van der Waals surface area contributed by atoms with E-state index in [0.29, 0.717) is 0 Å². The number of rotatable bonds is 14. The molecule has 0 saturated carbocycles. The van der Waals surface area contributed by atoms with Gasteiger partial charge in [0.1, 0.15) is 0 Å². The van der Waals surface area contributed by atoms with Crippen LogP contribution in [0.3, 0.4) is 0 Å². The van der Waals surface area contributed by atoms with Crippen molar-refractivity contribution in [3.8, 4) is 111 Å². The zero-order chi connectivity index (χ0) is 102. The average Bonchev–Trinajstić information content (AvgIpc) is 1.59. The van der Waals surface area contributed by atoms with Crippen LogP contribution in [0, 0.1) is 0 Å². The SMILES string of the molecule is CC1(C)OB(c2cc(-c3ccccc3)cc(-c3cccc4c3sc3c(-c5ccccc5)cccc34)c2)OC1(C)C.CC1(C)OB(c2cc(-c3ccccc3)cc(-c3cccc4c3sc3ccccc34)c2)OC1(C)C.CC1(C)OB(c2ccc(-c3cccc4c3sc3c(-c5ccccc5-c5ccccc5)cccc34)cc2)OC1(C)C.CC1(C)OB(c2ccc(-c3cccc4c3sc3cccc(-c5ccccc5)c34)cc2)OC1(C)C. The van der Waals surface area contributed by atoms with Crippen LogP contribution in [0.4, 0.5) is 0 Å². The summed E-state index contributed by atoms with van der Waals surface area (Å²) in [5.74, 6) is 0. The Bertz CT molecular complexity index is 8690. The first-order chi connectivity index (χ1) is 71.3. The first-order valence-corrected chi connectivity index (χ1v) is 54.6. The summed E-state index contributed by atoms with van der Waals surface area (Å²) in [6, 6.07) is 148. The maximum absolute atomic E-state index is 6.51. The van der Waals surface area contributed by atoms with Gasteiger partial charge in [-0.15, -0.1) is 45.3 Å². The second kappa shape index (κ2) is 38.7. The lowest BCUT2D eigenvalue weighted by Crippen LogP contribution is -2.41. The molecular formula is C132H116B4O8S4. The zero-order valence-electron chi connectivity index (χ0n) is 86.5. The third-order valence-corrected chi connectivity index (χ3v) is 36.7. The highest BCUT2D eigenvalue weighted by atomic mass is 32.1. The first kappa shape index (κ1) is 98.1. The van der Waals surface area contributed by atoms with Crippen LogP contribution in [0.1, 0.15) is 111 Å². The molecule has 22 aromatic rings. The van der Waals surface area contributed by atoms with Crippen molar-refractivity contribution in [3.05, 3.63) is 413 Å². The molecule has 8 heterocycles. The molecule has 26 rings (SSSR count). The maximum Gasteiger partial charge on any atom is 0.494 e. The fourth-order valence-corrected chi connectivity index (χ4v) is 25.9. The summed E-state index contributed by atoms with van der Waals surface area (Å²) in [6.07, 6.45) is 0. The van der Waals surface area contributed by atoms with E-state index in [9.17, 15) is 0 Å². The van der Waals surface area contributed by atoms with E-state index in [1.165, 1.54) is 186 Å². The summed E-state index contributed by atoms with van der Waals surface area (Å²) >= 11 is 7.50. The number of benzene rings is 18. The zero-order valence-corrected chi connectivity index (χ0v) is 89.7. The van der Waals surface area contributed by atoms with Gasteiger partial charge >= 0.3 is 28.5 Å². The molecule has 0 bridgehead atoms. The fraction of sp³-hybridized carbons (Fsp3) is 0.182. The largest absolute Gasteiger partial charge is 0.494 e. The monoisotopic (exact) mass is 2000 g/mol. The number of hydrogen-bond donors (Lipinski definition) is 0. The van der Waals surface area contributed by atoms with E-state index in [1.54, 1.807) is 0 Å². The van der Waals surface area contributed by atoms with Gasteiger partial charge < -0.3 is 37.2 Å². The van der Waals surface area contributed by atoms with Crippen molar-refractivity contribution in [1.82, 2.24) is 0 Å². The van der Waals surface area contributed by atoms with Crippen LogP contribution in [0.15, 0.2) is 413 Å². The summed E-state index contributed by atoms with van der Waals surface area (Å²) in [7, 11) is -1.54. The highest BCUT2D eigenvalue weighted by molar-refractivity contribution is 7.28. The summed E-state index contributed by atoms with van der Waals surface area (Å²) in [5.41, 5.74) is 25.8. The number of fused-ring (bicyclic) bond motifs is 12. The molecule has 4 aliphatic rings. The molecule has 728 valence electrons. The van der Waals surface area contributed by atoms with Crippen molar-refractivity contribution in [2.45, 2.75) is 156 Å². The first-order valence-electron chi connectivity index (χ1n) is 51.3. The lowest BCUT2D eigenvalue weighted by molar-refractivity contribution is 0.00578. The van der Waals surface area contributed by atoms with E-state index >= 15 is 0 Å². The molecule has 0 amide bonds. The predicted octanol–water partition coefficient (Wildman–Crippen LogP) is 34.1. The molecule has 4 saturated heterocycles. The van der Waals surface area contributed by atoms with E-state index in [1.807, 2.05) is 45.3 Å². The minimum atomic E-state index is -0.432. The quantitative estimate of drug-likeness (QED) is 0.0997. The van der Waals surface area contributed by atoms with E-state index in [-0.39, 0.29) is 47.8 Å². The Balaban J connectivity index is 0.000000109. The van der Waals surface area contributed by atoms with E-state index in [0.717, 1.165) is 27.4 Å². The second-order valence-electron chi connectivity index (χ2n) is 43.3. The summed E-state index contributed by atoms with van der Waals surface area (Å²) in [4.78, 5) is 0. The smallest absolute Gasteiger partial charge is 0.399 e. The molecule has 4 aromatic heterocycles. The predicted molar refractivity (Wildman–Crippen MR) is 635 cm³/mol. The van der Waals surface area contributed by atoms with Crippen molar-refractivity contribution in [3.63, 3.8) is 0 Å². The highest BCUT2D eigenvalue weighted by Gasteiger charge is 2.55.